The van der Waals surface area contributed by atoms with E-state index in [2.05, 4.69) is 35.2 Å². The maximum absolute atomic E-state index is 12.7. The molecule has 164 valence electrons. The van der Waals surface area contributed by atoms with Crippen LogP contribution in [0.2, 0.25) is 0 Å². The zero-order valence-electron chi connectivity index (χ0n) is 18.6. The first-order valence-corrected chi connectivity index (χ1v) is 11.2. The van der Waals surface area contributed by atoms with Crippen molar-refractivity contribution in [1.82, 2.24) is 9.97 Å². The molecule has 6 heteroatoms. The summed E-state index contributed by atoms with van der Waals surface area (Å²) >= 11 is 0. The van der Waals surface area contributed by atoms with E-state index >= 15 is 0 Å². The van der Waals surface area contributed by atoms with E-state index < -0.39 is 11.9 Å². The maximum atomic E-state index is 12.7. The smallest absolute Gasteiger partial charge is 0.329 e. The van der Waals surface area contributed by atoms with Crippen molar-refractivity contribution < 1.29 is 9.53 Å². The predicted octanol–water partition coefficient (Wildman–Crippen LogP) is 4.65. The van der Waals surface area contributed by atoms with Gasteiger partial charge in [0.15, 0.2) is 11.7 Å². The number of piperidine rings is 1. The minimum absolute atomic E-state index is 0.302. The second kappa shape index (κ2) is 9.78. The fourth-order valence-corrected chi connectivity index (χ4v) is 4.25. The van der Waals surface area contributed by atoms with Gasteiger partial charge in [-0.25, -0.2) is 9.97 Å². The van der Waals surface area contributed by atoms with Gasteiger partial charge in [-0.2, -0.15) is 5.26 Å². The van der Waals surface area contributed by atoms with Gasteiger partial charge in [-0.05, 0) is 56.7 Å². The van der Waals surface area contributed by atoms with Crippen LogP contribution in [0, 0.1) is 17.2 Å². The zero-order chi connectivity index (χ0) is 22.5. The van der Waals surface area contributed by atoms with Crippen LogP contribution < -0.4 is 4.90 Å². The lowest BCUT2D eigenvalue weighted by Crippen LogP contribution is -2.36. The summed E-state index contributed by atoms with van der Waals surface area (Å²) in [4.78, 5) is 24.4. The predicted molar refractivity (Wildman–Crippen MR) is 124 cm³/mol. The molecule has 0 spiro atoms. The number of carbonyl (C=O) groups is 1. The number of benzene rings is 2. The van der Waals surface area contributed by atoms with Crippen molar-refractivity contribution in [3.05, 3.63) is 65.9 Å². The summed E-state index contributed by atoms with van der Waals surface area (Å²) in [5.74, 6) is -0.462. The Balaban J connectivity index is 1.60. The summed E-state index contributed by atoms with van der Waals surface area (Å²) < 4.78 is 5.35. The minimum atomic E-state index is -1.11. The van der Waals surface area contributed by atoms with E-state index in [0.29, 0.717) is 22.9 Å². The first-order valence-electron chi connectivity index (χ1n) is 11.2. The zero-order valence-corrected chi connectivity index (χ0v) is 18.6. The molecule has 1 aliphatic heterocycles. The van der Waals surface area contributed by atoms with Crippen molar-refractivity contribution in [2.45, 2.75) is 45.1 Å². The third-order valence-corrected chi connectivity index (χ3v) is 5.85. The van der Waals surface area contributed by atoms with Crippen LogP contribution in [0.4, 0.5) is 5.82 Å². The molecule has 3 aromatic rings. The van der Waals surface area contributed by atoms with E-state index in [0.717, 1.165) is 37.9 Å². The second-order valence-electron chi connectivity index (χ2n) is 8.59. The highest BCUT2D eigenvalue weighted by atomic mass is 16.5. The number of esters is 1. The molecule has 1 fully saturated rings. The standard InChI is InChI=1S/C26H28N4O2/c1-18(2)32-26(31)21(17-27)24-25(29-23-11-7-6-10-22(23)28-24)30-14-12-20(13-15-30)16-19-8-4-3-5-9-19/h3-11,18,20-21H,12-16H2,1-2H3. The molecule has 0 amide bonds. The molecule has 1 aliphatic rings. The third-order valence-electron chi connectivity index (χ3n) is 5.85. The van der Waals surface area contributed by atoms with Crippen molar-refractivity contribution in [2.75, 3.05) is 18.0 Å². The molecule has 4 rings (SSSR count). The summed E-state index contributed by atoms with van der Waals surface area (Å²) in [6.07, 6.45) is 2.81. The van der Waals surface area contributed by atoms with Crippen LogP contribution in [0.5, 0.6) is 0 Å². The van der Waals surface area contributed by atoms with Crippen LogP contribution in [0.15, 0.2) is 54.6 Å². The number of hydrogen-bond acceptors (Lipinski definition) is 6. The first-order chi connectivity index (χ1) is 15.5. The van der Waals surface area contributed by atoms with Crippen molar-refractivity contribution in [1.29, 1.82) is 5.26 Å². The summed E-state index contributed by atoms with van der Waals surface area (Å²) in [5, 5.41) is 9.83. The Kier molecular flexibility index (Phi) is 6.65. The summed E-state index contributed by atoms with van der Waals surface area (Å²) in [7, 11) is 0. The van der Waals surface area contributed by atoms with Gasteiger partial charge in [-0.1, -0.05) is 42.5 Å². The van der Waals surface area contributed by atoms with Gasteiger partial charge in [-0.15, -0.1) is 0 Å². The molecule has 32 heavy (non-hydrogen) atoms. The van der Waals surface area contributed by atoms with Crippen LogP contribution >= 0.6 is 0 Å². The molecule has 6 nitrogen and oxygen atoms in total. The maximum Gasteiger partial charge on any atom is 0.329 e. The molecule has 2 heterocycles. The molecule has 0 radical (unpaired) electrons. The van der Waals surface area contributed by atoms with Gasteiger partial charge in [0.25, 0.3) is 0 Å². The normalized spacial score (nSPS) is 15.5. The fraction of sp³-hybridized carbons (Fsp3) is 0.385. The summed E-state index contributed by atoms with van der Waals surface area (Å²) in [5.41, 5.74) is 3.17. The molecule has 0 saturated carbocycles. The van der Waals surface area contributed by atoms with E-state index in [1.165, 1.54) is 5.56 Å². The van der Waals surface area contributed by atoms with Crippen molar-refractivity contribution in [3.63, 3.8) is 0 Å². The van der Waals surface area contributed by atoms with E-state index in [9.17, 15) is 10.1 Å². The summed E-state index contributed by atoms with van der Waals surface area (Å²) in [6, 6.07) is 20.2. The minimum Gasteiger partial charge on any atom is -0.462 e. The van der Waals surface area contributed by atoms with Crippen molar-refractivity contribution in [3.8, 4) is 6.07 Å². The highest BCUT2D eigenvalue weighted by Crippen LogP contribution is 2.31. The Bertz CT molecular complexity index is 1120. The van der Waals surface area contributed by atoms with Gasteiger partial charge in [0.2, 0.25) is 0 Å². The SMILES string of the molecule is CC(C)OC(=O)C(C#N)c1nc2ccccc2nc1N1CCC(Cc2ccccc2)CC1. The number of nitriles is 1. The van der Waals surface area contributed by atoms with Gasteiger partial charge in [0, 0.05) is 13.1 Å². The Morgan fingerprint density at radius 1 is 1.06 bits per heavy atom. The molecule has 0 N–H and O–H groups in total. The van der Waals surface area contributed by atoms with Gasteiger partial charge in [0.05, 0.1) is 23.2 Å². The lowest BCUT2D eigenvalue weighted by molar-refractivity contribution is -0.147. The lowest BCUT2D eigenvalue weighted by atomic mass is 9.90. The highest BCUT2D eigenvalue weighted by molar-refractivity contribution is 5.85. The first kappa shape index (κ1) is 21.8. The average molecular weight is 429 g/mol. The lowest BCUT2D eigenvalue weighted by Gasteiger charge is -2.34. The average Bonchev–Trinajstić information content (AvgIpc) is 2.80. The van der Waals surface area contributed by atoms with E-state index in [1.807, 2.05) is 30.3 Å². The number of fused-ring (bicyclic) bond motifs is 1. The number of ether oxygens (including phenoxy) is 1. The largest absolute Gasteiger partial charge is 0.462 e. The van der Waals surface area contributed by atoms with Gasteiger partial charge < -0.3 is 9.64 Å². The van der Waals surface area contributed by atoms with E-state index in [1.54, 1.807) is 13.8 Å². The molecular weight excluding hydrogens is 400 g/mol. The molecular formula is C26H28N4O2. The molecule has 0 aliphatic carbocycles. The second-order valence-corrected chi connectivity index (χ2v) is 8.59. The van der Waals surface area contributed by atoms with Crippen LogP contribution in [-0.2, 0) is 16.0 Å². The number of hydrogen-bond donors (Lipinski definition) is 0. The topological polar surface area (TPSA) is 79.1 Å². The fourth-order valence-electron chi connectivity index (χ4n) is 4.25. The van der Waals surface area contributed by atoms with Crippen LogP contribution in [0.1, 0.15) is 43.9 Å². The van der Waals surface area contributed by atoms with Gasteiger partial charge >= 0.3 is 5.97 Å². The monoisotopic (exact) mass is 428 g/mol. The third kappa shape index (κ3) is 4.88. The van der Waals surface area contributed by atoms with E-state index in [4.69, 9.17) is 14.7 Å². The van der Waals surface area contributed by atoms with Crippen molar-refractivity contribution in [2.24, 2.45) is 5.92 Å². The highest BCUT2D eigenvalue weighted by Gasteiger charge is 2.32. The molecule has 1 saturated heterocycles. The molecule has 1 aromatic heterocycles. The number of rotatable bonds is 6. The molecule has 2 aromatic carbocycles. The van der Waals surface area contributed by atoms with Gasteiger partial charge in [-0.3, -0.25) is 4.79 Å². The van der Waals surface area contributed by atoms with E-state index in [-0.39, 0.29) is 6.10 Å². The number of anilines is 1. The van der Waals surface area contributed by atoms with Crippen molar-refractivity contribution >= 4 is 22.8 Å². The Labute approximate surface area is 188 Å². The Morgan fingerprint density at radius 2 is 1.69 bits per heavy atom. The molecule has 1 atom stereocenters. The number of carbonyl (C=O) groups excluding carboxylic acids is 1. The Morgan fingerprint density at radius 3 is 2.31 bits per heavy atom. The quantitative estimate of drug-likeness (QED) is 0.532. The number of para-hydroxylation sites is 2. The van der Waals surface area contributed by atoms with Crippen LogP contribution in [-0.4, -0.2) is 35.1 Å². The van der Waals surface area contributed by atoms with Gasteiger partial charge in [0.1, 0.15) is 5.69 Å². The molecule has 0 bridgehead atoms. The van der Waals surface area contributed by atoms with Crippen LogP contribution in [0.25, 0.3) is 11.0 Å². The number of aromatic nitrogens is 2. The van der Waals surface area contributed by atoms with Crippen LogP contribution in [0.3, 0.4) is 0 Å². The summed E-state index contributed by atoms with van der Waals surface area (Å²) in [6.45, 7) is 5.18. The Hall–Kier alpha value is -3.46. The molecule has 1 unspecified atom stereocenters. The number of nitrogens with zero attached hydrogens (tertiary/aromatic N) is 4.